The van der Waals surface area contributed by atoms with E-state index in [1.165, 1.54) is 0 Å². The first kappa shape index (κ1) is 20.8. The molecule has 0 N–H and O–H groups in total. The minimum atomic E-state index is -0.597. The van der Waals surface area contributed by atoms with Gasteiger partial charge in [0.1, 0.15) is 0 Å². The van der Waals surface area contributed by atoms with Crippen LogP contribution in [0.25, 0.3) is 11.1 Å². The van der Waals surface area contributed by atoms with Gasteiger partial charge in [-0.1, -0.05) is 67.8 Å². The lowest BCUT2D eigenvalue weighted by molar-refractivity contribution is -0.142. The maximum Gasteiger partial charge on any atom is 0.330 e. The summed E-state index contributed by atoms with van der Waals surface area (Å²) < 4.78 is 10.0. The molecular formula is C23H22O5. The quantitative estimate of drug-likeness (QED) is 0.355. The van der Waals surface area contributed by atoms with Gasteiger partial charge in [-0.15, -0.1) is 0 Å². The van der Waals surface area contributed by atoms with Gasteiger partial charge in [-0.05, 0) is 11.1 Å². The summed E-state index contributed by atoms with van der Waals surface area (Å²) in [4.78, 5) is 35.2. The van der Waals surface area contributed by atoms with Crippen molar-refractivity contribution >= 4 is 17.7 Å². The van der Waals surface area contributed by atoms with Crippen molar-refractivity contribution in [2.75, 3.05) is 13.2 Å². The maximum absolute atomic E-state index is 12.6. The number of carbonyl (C=O) groups excluding carboxylic acids is 3. The number of hydrogen-bond donors (Lipinski definition) is 0. The molecule has 2 aromatic carbocycles. The Bertz CT molecular complexity index is 813. The molecule has 0 atom stereocenters. The van der Waals surface area contributed by atoms with Crippen molar-refractivity contribution in [1.29, 1.82) is 0 Å². The molecule has 0 heterocycles. The van der Waals surface area contributed by atoms with Crippen LogP contribution in [-0.4, -0.2) is 30.9 Å². The highest BCUT2D eigenvalue weighted by Gasteiger charge is 2.19. The van der Waals surface area contributed by atoms with E-state index in [0.717, 1.165) is 23.3 Å². The number of carbonyl (C=O) groups is 3. The predicted molar refractivity (Wildman–Crippen MR) is 107 cm³/mol. The monoisotopic (exact) mass is 378 g/mol. The summed E-state index contributed by atoms with van der Waals surface area (Å²) in [7, 11) is 0. The molecule has 0 amide bonds. The SMILES string of the molecule is C=CC(=O)OCC(COC(=O)C=C)CC(=O)c1ccc(-c2ccccc2)cc1. The molecule has 144 valence electrons. The van der Waals surface area contributed by atoms with E-state index in [2.05, 4.69) is 13.2 Å². The van der Waals surface area contributed by atoms with Crippen molar-refractivity contribution in [3.8, 4) is 11.1 Å². The molecule has 0 fully saturated rings. The second-order valence-corrected chi connectivity index (χ2v) is 6.11. The number of ketones is 1. The zero-order chi connectivity index (χ0) is 20.4. The zero-order valence-corrected chi connectivity index (χ0v) is 15.5. The van der Waals surface area contributed by atoms with Gasteiger partial charge >= 0.3 is 11.9 Å². The Hall–Kier alpha value is -3.47. The first-order valence-corrected chi connectivity index (χ1v) is 8.80. The van der Waals surface area contributed by atoms with Crippen molar-refractivity contribution < 1.29 is 23.9 Å². The van der Waals surface area contributed by atoms with Gasteiger partial charge in [0.2, 0.25) is 0 Å². The van der Waals surface area contributed by atoms with E-state index in [1.807, 2.05) is 42.5 Å². The zero-order valence-electron chi connectivity index (χ0n) is 15.5. The average Bonchev–Trinajstić information content (AvgIpc) is 2.75. The lowest BCUT2D eigenvalue weighted by Gasteiger charge is -2.16. The van der Waals surface area contributed by atoms with E-state index in [1.54, 1.807) is 12.1 Å². The Morgan fingerprint density at radius 2 is 1.29 bits per heavy atom. The van der Waals surface area contributed by atoms with Crippen LogP contribution in [0, 0.1) is 5.92 Å². The summed E-state index contributed by atoms with van der Waals surface area (Å²) in [6, 6.07) is 17.1. The molecule has 5 nitrogen and oxygen atoms in total. The fourth-order valence-electron chi connectivity index (χ4n) is 2.54. The van der Waals surface area contributed by atoms with E-state index in [-0.39, 0.29) is 25.4 Å². The predicted octanol–water partition coefficient (Wildman–Crippen LogP) is 4.00. The second kappa shape index (κ2) is 10.6. The van der Waals surface area contributed by atoms with Gasteiger partial charge in [-0.3, -0.25) is 4.79 Å². The van der Waals surface area contributed by atoms with Crippen molar-refractivity contribution in [1.82, 2.24) is 0 Å². The Kier molecular flexibility index (Phi) is 7.91. The van der Waals surface area contributed by atoms with Crippen molar-refractivity contribution in [2.24, 2.45) is 5.92 Å². The van der Waals surface area contributed by atoms with Crippen LogP contribution in [0.3, 0.4) is 0 Å². The summed E-state index contributed by atoms with van der Waals surface area (Å²) >= 11 is 0. The van der Waals surface area contributed by atoms with Crippen LogP contribution < -0.4 is 0 Å². The van der Waals surface area contributed by atoms with Crippen molar-refractivity contribution in [2.45, 2.75) is 6.42 Å². The van der Waals surface area contributed by atoms with Crippen LogP contribution in [0.5, 0.6) is 0 Å². The normalized spacial score (nSPS) is 10.2. The third-order valence-corrected chi connectivity index (χ3v) is 4.04. The summed E-state index contributed by atoms with van der Waals surface area (Å²) in [5.74, 6) is -1.79. The third-order valence-electron chi connectivity index (χ3n) is 4.04. The highest BCUT2D eigenvalue weighted by atomic mass is 16.5. The molecule has 0 bridgehead atoms. The van der Waals surface area contributed by atoms with E-state index in [0.29, 0.717) is 5.56 Å². The molecule has 0 aliphatic carbocycles. The standard InChI is InChI=1S/C23H22O5/c1-3-22(25)27-15-17(16-28-23(26)4-2)14-21(24)20-12-10-19(11-13-20)18-8-6-5-7-9-18/h3-13,17H,1-2,14-16H2. The molecule has 28 heavy (non-hydrogen) atoms. The van der Waals surface area contributed by atoms with Crippen LogP contribution >= 0.6 is 0 Å². The number of rotatable bonds is 10. The van der Waals surface area contributed by atoms with Crippen LogP contribution in [0.1, 0.15) is 16.8 Å². The first-order chi connectivity index (χ1) is 13.5. The molecule has 0 spiro atoms. The lowest BCUT2D eigenvalue weighted by Crippen LogP contribution is -2.22. The van der Waals surface area contributed by atoms with Gasteiger partial charge in [0.15, 0.2) is 5.78 Å². The Labute approximate surface area is 164 Å². The number of esters is 2. The Morgan fingerprint density at radius 1 is 0.786 bits per heavy atom. The average molecular weight is 378 g/mol. The molecule has 0 saturated carbocycles. The highest BCUT2D eigenvalue weighted by molar-refractivity contribution is 5.96. The minimum absolute atomic E-state index is 0.0525. The smallest absolute Gasteiger partial charge is 0.330 e. The van der Waals surface area contributed by atoms with Gasteiger partial charge in [-0.2, -0.15) is 0 Å². The van der Waals surface area contributed by atoms with E-state index in [9.17, 15) is 14.4 Å². The first-order valence-electron chi connectivity index (χ1n) is 8.80. The largest absolute Gasteiger partial charge is 0.462 e. The second-order valence-electron chi connectivity index (χ2n) is 6.11. The lowest BCUT2D eigenvalue weighted by atomic mass is 9.97. The van der Waals surface area contributed by atoms with E-state index in [4.69, 9.17) is 9.47 Å². The molecule has 0 unspecified atom stereocenters. The summed E-state index contributed by atoms with van der Waals surface area (Å²) in [6.07, 6.45) is 2.15. The van der Waals surface area contributed by atoms with Gasteiger partial charge in [0.05, 0.1) is 13.2 Å². The fraction of sp³-hybridized carbons (Fsp3) is 0.174. The van der Waals surface area contributed by atoms with Gasteiger partial charge < -0.3 is 9.47 Å². The highest BCUT2D eigenvalue weighted by Crippen LogP contribution is 2.20. The molecule has 0 saturated heterocycles. The molecule has 0 aromatic heterocycles. The summed E-state index contributed by atoms with van der Waals surface area (Å²) in [6.45, 7) is 6.55. The van der Waals surface area contributed by atoms with Crippen molar-refractivity contribution in [3.63, 3.8) is 0 Å². The van der Waals surface area contributed by atoms with Crippen LogP contribution in [0.4, 0.5) is 0 Å². The molecule has 2 aromatic rings. The summed E-state index contributed by atoms with van der Waals surface area (Å²) in [5.41, 5.74) is 2.61. The topological polar surface area (TPSA) is 69.7 Å². The van der Waals surface area contributed by atoms with Gasteiger partial charge in [0.25, 0.3) is 0 Å². The Morgan fingerprint density at radius 3 is 1.79 bits per heavy atom. The summed E-state index contributed by atoms with van der Waals surface area (Å²) in [5, 5.41) is 0. The molecule has 0 aliphatic rings. The molecule has 0 aliphatic heterocycles. The number of hydrogen-bond acceptors (Lipinski definition) is 5. The number of Topliss-reactive ketones (excluding diaryl/α,β-unsaturated/α-hetero) is 1. The third kappa shape index (κ3) is 6.36. The van der Waals surface area contributed by atoms with Crippen molar-refractivity contribution in [3.05, 3.63) is 85.5 Å². The fourth-order valence-corrected chi connectivity index (χ4v) is 2.54. The molecular weight excluding hydrogens is 356 g/mol. The van der Waals surface area contributed by atoms with Gasteiger partial charge in [-0.25, -0.2) is 9.59 Å². The number of benzene rings is 2. The minimum Gasteiger partial charge on any atom is -0.462 e. The van der Waals surface area contributed by atoms with Crippen LogP contribution in [0.2, 0.25) is 0 Å². The molecule has 0 radical (unpaired) electrons. The molecule has 2 rings (SSSR count). The van der Waals surface area contributed by atoms with Gasteiger partial charge in [0, 0.05) is 30.1 Å². The number of ether oxygens (including phenoxy) is 2. The van der Waals surface area contributed by atoms with E-state index < -0.39 is 17.9 Å². The Balaban J connectivity index is 2.03. The van der Waals surface area contributed by atoms with Crippen LogP contribution in [-0.2, 0) is 19.1 Å². The maximum atomic E-state index is 12.6. The molecule has 5 heteroatoms. The van der Waals surface area contributed by atoms with Crippen LogP contribution in [0.15, 0.2) is 79.9 Å². The van der Waals surface area contributed by atoms with E-state index >= 15 is 0 Å².